The molecule has 0 bridgehead atoms. The monoisotopic (exact) mass is 371 g/mol. The van der Waals surface area contributed by atoms with E-state index in [0.29, 0.717) is 11.6 Å². The molecule has 2 N–H and O–H groups in total. The van der Waals surface area contributed by atoms with E-state index in [-0.39, 0.29) is 23.0 Å². The molecule has 140 valence electrons. The molecular formula is C19H19F2N5O. The summed E-state index contributed by atoms with van der Waals surface area (Å²) >= 11 is 0. The fraction of sp³-hybridized carbons (Fsp3) is 0.316. The Hall–Kier alpha value is -3.03. The van der Waals surface area contributed by atoms with Gasteiger partial charge in [0.15, 0.2) is 17.5 Å². The van der Waals surface area contributed by atoms with Gasteiger partial charge in [-0.3, -0.25) is 14.6 Å². The summed E-state index contributed by atoms with van der Waals surface area (Å²) in [4.78, 5) is 12.6. The number of hydrogen-bond acceptors (Lipinski definition) is 3. The van der Waals surface area contributed by atoms with Crippen molar-refractivity contribution in [1.29, 1.82) is 0 Å². The lowest BCUT2D eigenvalue weighted by Gasteiger charge is -2.12. The zero-order valence-corrected chi connectivity index (χ0v) is 14.8. The quantitative estimate of drug-likeness (QED) is 0.721. The van der Waals surface area contributed by atoms with Crippen molar-refractivity contribution < 1.29 is 13.6 Å². The normalized spacial score (nSPS) is 14.6. The number of benzene rings is 1. The third kappa shape index (κ3) is 3.22. The molecule has 1 saturated carbocycles. The SMILES string of the molecule is Cc1c(C(=O)Nc2cc(-c3cccc(F)c3F)[nH]n2)cnn1C1CCCC1. The lowest BCUT2D eigenvalue weighted by molar-refractivity contribution is 0.102. The minimum atomic E-state index is -0.965. The van der Waals surface area contributed by atoms with Gasteiger partial charge in [0.2, 0.25) is 0 Å². The van der Waals surface area contributed by atoms with E-state index in [1.165, 1.54) is 31.0 Å². The number of anilines is 1. The molecule has 1 amide bonds. The van der Waals surface area contributed by atoms with E-state index in [2.05, 4.69) is 20.6 Å². The van der Waals surface area contributed by atoms with Crippen LogP contribution in [0.4, 0.5) is 14.6 Å². The topological polar surface area (TPSA) is 75.6 Å². The fourth-order valence-corrected chi connectivity index (χ4v) is 3.58. The number of nitrogens with zero attached hydrogens (tertiary/aromatic N) is 3. The second-order valence-corrected chi connectivity index (χ2v) is 6.75. The number of amides is 1. The molecular weight excluding hydrogens is 352 g/mol. The van der Waals surface area contributed by atoms with Crippen LogP contribution >= 0.6 is 0 Å². The number of hydrogen-bond donors (Lipinski definition) is 2. The molecule has 6 nitrogen and oxygen atoms in total. The summed E-state index contributed by atoms with van der Waals surface area (Å²) in [5.74, 6) is -2.02. The molecule has 0 saturated heterocycles. The van der Waals surface area contributed by atoms with E-state index in [9.17, 15) is 13.6 Å². The summed E-state index contributed by atoms with van der Waals surface area (Å²) in [6.45, 7) is 1.87. The fourth-order valence-electron chi connectivity index (χ4n) is 3.58. The number of nitrogens with one attached hydrogen (secondary N) is 2. The lowest BCUT2D eigenvalue weighted by Crippen LogP contribution is -2.14. The molecule has 0 spiro atoms. The molecule has 8 heteroatoms. The zero-order chi connectivity index (χ0) is 19.0. The molecule has 3 aromatic rings. The van der Waals surface area contributed by atoms with Crippen molar-refractivity contribution in [2.75, 3.05) is 5.32 Å². The Kier molecular flexibility index (Phi) is 4.47. The van der Waals surface area contributed by atoms with Gasteiger partial charge in [-0.25, -0.2) is 8.78 Å². The highest BCUT2D eigenvalue weighted by atomic mass is 19.2. The molecule has 1 fully saturated rings. The molecule has 1 aromatic carbocycles. The first-order chi connectivity index (χ1) is 13.0. The molecule has 2 aromatic heterocycles. The second kappa shape index (κ2) is 6.94. The maximum atomic E-state index is 13.9. The summed E-state index contributed by atoms with van der Waals surface area (Å²) in [7, 11) is 0. The third-order valence-electron chi connectivity index (χ3n) is 5.02. The molecule has 4 rings (SSSR count). The largest absolute Gasteiger partial charge is 0.305 e. The van der Waals surface area contributed by atoms with Crippen LogP contribution in [0.1, 0.15) is 47.8 Å². The van der Waals surface area contributed by atoms with Crippen LogP contribution < -0.4 is 5.32 Å². The van der Waals surface area contributed by atoms with Crippen LogP contribution in [0.2, 0.25) is 0 Å². The number of H-pyrrole nitrogens is 1. The van der Waals surface area contributed by atoms with Gasteiger partial charge in [-0.15, -0.1) is 0 Å². The number of aromatic nitrogens is 4. The predicted molar refractivity (Wildman–Crippen MR) is 96.4 cm³/mol. The van der Waals surface area contributed by atoms with Crippen molar-refractivity contribution >= 4 is 11.7 Å². The van der Waals surface area contributed by atoms with Crippen molar-refractivity contribution in [3.05, 3.63) is 53.4 Å². The lowest BCUT2D eigenvalue weighted by atomic mass is 10.1. The number of aromatic amines is 1. The minimum absolute atomic E-state index is 0.0493. The predicted octanol–water partition coefficient (Wildman–Crippen LogP) is 4.23. The maximum absolute atomic E-state index is 13.9. The van der Waals surface area contributed by atoms with Gasteiger partial charge in [-0.05, 0) is 31.9 Å². The van der Waals surface area contributed by atoms with Crippen molar-refractivity contribution in [2.24, 2.45) is 0 Å². The summed E-state index contributed by atoms with van der Waals surface area (Å²) in [6, 6.07) is 5.70. The van der Waals surface area contributed by atoms with Crippen LogP contribution in [0.15, 0.2) is 30.5 Å². The molecule has 2 heterocycles. The van der Waals surface area contributed by atoms with Crippen LogP contribution in [0.25, 0.3) is 11.3 Å². The molecule has 0 atom stereocenters. The number of halogens is 2. The Morgan fingerprint density at radius 1 is 1.30 bits per heavy atom. The summed E-state index contributed by atoms with van der Waals surface area (Å²) in [5.41, 5.74) is 1.61. The second-order valence-electron chi connectivity index (χ2n) is 6.75. The maximum Gasteiger partial charge on any atom is 0.260 e. The van der Waals surface area contributed by atoms with Gasteiger partial charge in [0, 0.05) is 17.3 Å². The van der Waals surface area contributed by atoms with E-state index in [1.54, 1.807) is 6.20 Å². The first kappa shape index (κ1) is 17.4. The highest BCUT2D eigenvalue weighted by molar-refractivity contribution is 6.04. The van der Waals surface area contributed by atoms with Crippen LogP contribution in [-0.2, 0) is 0 Å². The van der Waals surface area contributed by atoms with E-state index < -0.39 is 11.6 Å². The molecule has 1 aliphatic rings. The summed E-state index contributed by atoms with van der Waals surface area (Å²) in [6.07, 6.45) is 6.07. The van der Waals surface area contributed by atoms with E-state index in [0.717, 1.165) is 24.6 Å². The van der Waals surface area contributed by atoms with Crippen molar-refractivity contribution in [2.45, 2.75) is 38.6 Å². The molecule has 0 unspecified atom stereocenters. The van der Waals surface area contributed by atoms with Gasteiger partial charge in [-0.1, -0.05) is 18.9 Å². The van der Waals surface area contributed by atoms with Crippen LogP contribution in [0, 0.1) is 18.6 Å². The van der Waals surface area contributed by atoms with Gasteiger partial charge < -0.3 is 5.32 Å². The standard InChI is InChI=1S/C19H19F2N5O/c1-11-14(10-22-26(11)12-5-2-3-6-12)19(27)23-17-9-16(24-25-17)13-7-4-8-15(20)18(13)21/h4,7-10,12H,2-3,5-6H2,1H3,(H2,23,24,25,27). The molecule has 0 radical (unpaired) electrons. The Bertz CT molecular complexity index is 988. The van der Waals surface area contributed by atoms with Gasteiger partial charge in [0.1, 0.15) is 0 Å². The van der Waals surface area contributed by atoms with Crippen LogP contribution in [-0.4, -0.2) is 25.9 Å². The van der Waals surface area contributed by atoms with Crippen LogP contribution in [0.5, 0.6) is 0 Å². The van der Waals surface area contributed by atoms with Gasteiger partial charge in [-0.2, -0.15) is 10.2 Å². The molecule has 0 aliphatic heterocycles. The highest BCUT2D eigenvalue weighted by Crippen LogP contribution is 2.30. The average molecular weight is 371 g/mol. The first-order valence-corrected chi connectivity index (χ1v) is 8.90. The van der Waals surface area contributed by atoms with E-state index in [4.69, 9.17) is 0 Å². The van der Waals surface area contributed by atoms with E-state index in [1.807, 2.05) is 11.6 Å². The Morgan fingerprint density at radius 3 is 2.85 bits per heavy atom. The smallest absolute Gasteiger partial charge is 0.260 e. The highest BCUT2D eigenvalue weighted by Gasteiger charge is 2.23. The first-order valence-electron chi connectivity index (χ1n) is 8.90. The molecule has 27 heavy (non-hydrogen) atoms. The van der Waals surface area contributed by atoms with Crippen LogP contribution in [0.3, 0.4) is 0 Å². The average Bonchev–Trinajstić information content (AvgIpc) is 3.38. The zero-order valence-electron chi connectivity index (χ0n) is 14.8. The van der Waals surface area contributed by atoms with Gasteiger partial charge in [0.05, 0.1) is 23.5 Å². The van der Waals surface area contributed by atoms with Crippen molar-refractivity contribution in [3.63, 3.8) is 0 Å². The van der Waals surface area contributed by atoms with Gasteiger partial charge >= 0.3 is 0 Å². The van der Waals surface area contributed by atoms with Crippen molar-refractivity contribution in [1.82, 2.24) is 20.0 Å². The number of carbonyl (C=O) groups is 1. The summed E-state index contributed by atoms with van der Waals surface area (Å²) < 4.78 is 29.2. The van der Waals surface area contributed by atoms with Crippen molar-refractivity contribution in [3.8, 4) is 11.3 Å². The molecule has 1 aliphatic carbocycles. The number of rotatable bonds is 4. The Morgan fingerprint density at radius 2 is 2.07 bits per heavy atom. The minimum Gasteiger partial charge on any atom is -0.305 e. The summed E-state index contributed by atoms with van der Waals surface area (Å²) in [5, 5.41) is 13.6. The Labute approximate surface area is 154 Å². The van der Waals surface area contributed by atoms with Gasteiger partial charge in [0.25, 0.3) is 5.91 Å². The Balaban J connectivity index is 1.52. The van der Waals surface area contributed by atoms with E-state index >= 15 is 0 Å². The third-order valence-corrected chi connectivity index (χ3v) is 5.02. The number of carbonyl (C=O) groups excluding carboxylic acids is 1.